The number of amides is 1. The molecule has 2 atom stereocenters. The molecule has 0 bridgehead atoms. The Balaban J connectivity index is 1.41. The SMILES string of the molecule is COc1cccc(C2NNCC2C(=O)NCc2ccc3c(c2)CCCO3)c1. The zero-order valence-electron chi connectivity index (χ0n) is 15.5. The smallest absolute Gasteiger partial charge is 0.226 e. The van der Waals surface area contributed by atoms with Crippen molar-refractivity contribution in [1.82, 2.24) is 16.2 Å². The average molecular weight is 367 g/mol. The van der Waals surface area contributed by atoms with E-state index >= 15 is 0 Å². The lowest BCUT2D eigenvalue weighted by Crippen LogP contribution is -2.34. The first-order valence-corrected chi connectivity index (χ1v) is 9.39. The predicted octanol–water partition coefficient (Wildman–Crippen LogP) is 2.10. The van der Waals surface area contributed by atoms with Crippen LogP contribution in [0.15, 0.2) is 42.5 Å². The Bertz CT molecular complexity index is 824. The summed E-state index contributed by atoms with van der Waals surface area (Å²) in [7, 11) is 1.65. The van der Waals surface area contributed by atoms with Crippen molar-refractivity contribution in [2.45, 2.75) is 25.4 Å². The number of ether oxygens (including phenoxy) is 2. The minimum Gasteiger partial charge on any atom is -0.497 e. The summed E-state index contributed by atoms with van der Waals surface area (Å²) in [6, 6.07) is 13.9. The lowest BCUT2D eigenvalue weighted by molar-refractivity contribution is -0.125. The van der Waals surface area contributed by atoms with E-state index in [1.807, 2.05) is 36.4 Å². The topological polar surface area (TPSA) is 71.6 Å². The van der Waals surface area contributed by atoms with Gasteiger partial charge in [-0.15, -0.1) is 0 Å². The lowest BCUT2D eigenvalue weighted by Gasteiger charge is -2.20. The summed E-state index contributed by atoms with van der Waals surface area (Å²) in [5.41, 5.74) is 9.68. The third kappa shape index (κ3) is 3.91. The summed E-state index contributed by atoms with van der Waals surface area (Å²) in [4.78, 5) is 12.8. The van der Waals surface area contributed by atoms with Crippen molar-refractivity contribution in [3.8, 4) is 11.5 Å². The molecule has 0 aliphatic carbocycles. The van der Waals surface area contributed by atoms with Gasteiger partial charge in [-0.25, -0.2) is 5.43 Å². The molecule has 6 heteroatoms. The highest BCUT2D eigenvalue weighted by Gasteiger charge is 2.34. The number of nitrogens with one attached hydrogen (secondary N) is 3. The molecular formula is C21H25N3O3. The molecule has 3 N–H and O–H groups in total. The van der Waals surface area contributed by atoms with Crippen molar-refractivity contribution in [1.29, 1.82) is 0 Å². The first-order chi connectivity index (χ1) is 13.2. The summed E-state index contributed by atoms with van der Waals surface area (Å²) in [5, 5.41) is 3.09. The first kappa shape index (κ1) is 17.8. The van der Waals surface area contributed by atoms with Gasteiger partial charge in [0, 0.05) is 13.1 Å². The van der Waals surface area contributed by atoms with Crippen molar-refractivity contribution in [3.63, 3.8) is 0 Å². The number of carbonyl (C=O) groups excluding carboxylic acids is 1. The van der Waals surface area contributed by atoms with Crippen molar-refractivity contribution < 1.29 is 14.3 Å². The number of rotatable bonds is 5. The number of hydrazine groups is 1. The lowest BCUT2D eigenvalue weighted by atomic mass is 9.94. The largest absolute Gasteiger partial charge is 0.497 e. The fraction of sp³-hybridized carbons (Fsp3) is 0.381. The second kappa shape index (κ2) is 7.98. The van der Waals surface area contributed by atoms with E-state index in [9.17, 15) is 4.79 Å². The molecule has 2 unspecified atom stereocenters. The molecule has 6 nitrogen and oxygen atoms in total. The standard InChI is InChI=1S/C21H25N3O3/c1-26-17-6-2-4-16(11-17)20-18(13-23-24-20)21(25)22-12-14-7-8-19-15(10-14)5-3-9-27-19/h2,4,6-8,10-11,18,20,23-24H,3,5,9,12-13H2,1H3,(H,22,25). The number of carbonyl (C=O) groups is 1. The fourth-order valence-corrected chi connectivity index (χ4v) is 3.74. The van der Waals surface area contributed by atoms with Gasteiger partial charge in [0.2, 0.25) is 5.91 Å². The minimum atomic E-state index is -0.182. The van der Waals surface area contributed by atoms with E-state index in [-0.39, 0.29) is 17.9 Å². The molecule has 2 heterocycles. The van der Waals surface area contributed by atoms with Crippen LogP contribution in [0.5, 0.6) is 11.5 Å². The summed E-state index contributed by atoms with van der Waals surface area (Å²) in [5.74, 6) is 1.61. The van der Waals surface area contributed by atoms with Gasteiger partial charge >= 0.3 is 0 Å². The zero-order valence-corrected chi connectivity index (χ0v) is 15.5. The van der Waals surface area contributed by atoms with Gasteiger partial charge in [0.05, 0.1) is 25.7 Å². The zero-order chi connectivity index (χ0) is 18.6. The van der Waals surface area contributed by atoms with Gasteiger partial charge in [-0.2, -0.15) is 0 Å². The van der Waals surface area contributed by atoms with Gasteiger partial charge in [0.15, 0.2) is 0 Å². The highest BCUT2D eigenvalue weighted by Crippen LogP contribution is 2.28. The Morgan fingerprint density at radius 2 is 2.22 bits per heavy atom. The number of aryl methyl sites for hydroxylation is 1. The first-order valence-electron chi connectivity index (χ1n) is 9.39. The molecule has 2 aromatic carbocycles. The molecule has 2 aliphatic rings. The van der Waals surface area contributed by atoms with Crippen LogP contribution in [-0.2, 0) is 17.8 Å². The van der Waals surface area contributed by atoms with Crippen molar-refractivity contribution >= 4 is 5.91 Å². The Kier molecular flexibility index (Phi) is 5.27. The Morgan fingerprint density at radius 1 is 1.30 bits per heavy atom. The molecule has 1 saturated heterocycles. The van der Waals surface area contributed by atoms with Crippen LogP contribution < -0.4 is 25.6 Å². The second-order valence-corrected chi connectivity index (χ2v) is 7.00. The Hall–Kier alpha value is -2.57. The van der Waals surface area contributed by atoms with Crippen LogP contribution in [0, 0.1) is 5.92 Å². The van der Waals surface area contributed by atoms with E-state index in [2.05, 4.69) is 22.2 Å². The maximum absolute atomic E-state index is 12.8. The number of benzene rings is 2. The van der Waals surface area contributed by atoms with Crippen LogP contribution in [0.2, 0.25) is 0 Å². The molecular weight excluding hydrogens is 342 g/mol. The van der Waals surface area contributed by atoms with E-state index in [4.69, 9.17) is 9.47 Å². The maximum atomic E-state index is 12.8. The van der Waals surface area contributed by atoms with E-state index in [0.29, 0.717) is 13.1 Å². The molecule has 0 aromatic heterocycles. The molecule has 27 heavy (non-hydrogen) atoms. The quantitative estimate of drug-likeness (QED) is 0.755. The Morgan fingerprint density at radius 3 is 3.11 bits per heavy atom. The average Bonchev–Trinajstić information content (AvgIpc) is 3.22. The van der Waals surface area contributed by atoms with Crippen LogP contribution in [0.4, 0.5) is 0 Å². The van der Waals surface area contributed by atoms with Gasteiger partial charge in [0.25, 0.3) is 0 Å². The number of methoxy groups -OCH3 is 1. The highest BCUT2D eigenvalue weighted by molar-refractivity contribution is 5.80. The molecule has 0 spiro atoms. The predicted molar refractivity (Wildman–Crippen MR) is 102 cm³/mol. The Labute approximate surface area is 159 Å². The van der Waals surface area contributed by atoms with Crippen molar-refractivity contribution in [3.05, 3.63) is 59.2 Å². The van der Waals surface area contributed by atoms with Crippen LogP contribution in [0.3, 0.4) is 0 Å². The molecule has 1 fully saturated rings. The van der Waals surface area contributed by atoms with E-state index in [1.54, 1.807) is 7.11 Å². The minimum absolute atomic E-state index is 0.0364. The molecule has 1 amide bonds. The highest BCUT2D eigenvalue weighted by atomic mass is 16.5. The number of hydrogen-bond acceptors (Lipinski definition) is 5. The summed E-state index contributed by atoms with van der Waals surface area (Å²) >= 11 is 0. The second-order valence-electron chi connectivity index (χ2n) is 7.00. The van der Waals surface area contributed by atoms with Crippen molar-refractivity contribution in [2.24, 2.45) is 5.92 Å². The number of hydrogen-bond donors (Lipinski definition) is 3. The van der Waals surface area contributed by atoms with Gasteiger partial charge in [-0.3, -0.25) is 10.2 Å². The summed E-state index contributed by atoms with van der Waals surface area (Å²) in [6.07, 6.45) is 2.08. The summed E-state index contributed by atoms with van der Waals surface area (Å²) < 4.78 is 11.0. The van der Waals surface area contributed by atoms with Gasteiger partial charge in [0.1, 0.15) is 11.5 Å². The molecule has 2 aliphatic heterocycles. The van der Waals surface area contributed by atoms with Crippen molar-refractivity contribution in [2.75, 3.05) is 20.3 Å². The summed E-state index contributed by atoms with van der Waals surface area (Å²) in [6.45, 7) is 1.90. The van der Waals surface area contributed by atoms with Crippen LogP contribution in [-0.4, -0.2) is 26.2 Å². The fourth-order valence-electron chi connectivity index (χ4n) is 3.74. The third-order valence-electron chi connectivity index (χ3n) is 5.21. The van der Waals surface area contributed by atoms with Crippen LogP contribution in [0.25, 0.3) is 0 Å². The molecule has 0 radical (unpaired) electrons. The maximum Gasteiger partial charge on any atom is 0.226 e. The normalized spacial score (nSPS) is 21.2. The third-order valence-corrected chi connectivity index (χ3v) is 5.21. The molecule has 0 saturated carbocycles. The number of fused-ring (bicyclic) bond motifs is 1. The van der Waals surface area contributed by atoms with Crippen LogP contribution in [0.1, 0.15) is 29.2 Å². The monoisotopic (exact) mass is 367 g/mol. The molecule has 4 rings (SSSR count). The van der Waals surface area contributed by atoms with E-state index in [0.717, 1.165) is 42.1 Å². The van der Waals surface area contributed by atoms with E-state index < -0.39 is 0 Å². The van der Waals surface area contributed by atoms with E-state index in [1.165, 1.54) is 5.56 Å². The van der Waals surface area contributed by atoms with Gasteiger partial charge in [-0.05, 0) is 47.7 Å². The van der Waals surface area contributed by atoms with Crippen LogP contribution >= 0.6 is 0 Å². The van der Waals surface area contributed by atoms with Gasteiger partial charge in [-0.1, -0.05) is 24.3 Å². The molecule has 2 aromatic rings. The molecule has 142 valence electrons. The van der Waals surface area contributed by atoms with Gasteiger partial charge < -0.3 is 14.8 Å².